The zero-order valence-corrected chi connectivity index (χ0v) is 15.6. The first kappa shape index (κ1) is 17.5. The summed E-state index contributed by atoms with van der Waals surface area (Å²) < 4.78 is 7.39. The van der Waals surface area contributed by atoms with Crippen molar-refractivity contribution in [3.63, 3.8) is 0 Å². The number of aryl methyl sites for hydroxylation is 2. The highest BCUT2D eigenvalue weighted by atomic mass is 16.5. The summed E-state index contributed by atoms with van der Waals surface area (Å²) >= 11 is 0. The fourth-order valence-corrected chi connectivity index (χ4v) is 3.17. The Morgan fingerprint density at radius 2 is 2.00 bits per heavy atom. The molecule has 1 fully saturated rings. The standard InChI is InChI=1S/C20H27N3O2/c1-14-15(2)21-23(16(14)3)12-11-20(24)22(18-9-10-18)13-17-7-5-6-8-19(17)25-4/h5-8,18H,9-13H2,1-4H3. The van der Waals surface area contributed by atoms with Crippen molar-refractivity contribution in [1.82, 2.24) is 14.7 Å². The fraction of sp³-hybridized carbons (Fsp3) is 0.500. The minimum absolute atomic E-state index is 0.193. The molecule has 0 bridgehead atoms. The molecule has 1 aromatic heterocycles. The molecule has 0 unspecified atom stereocenters. The molecular weight excluding hydrogens is 314 g/mol. The van der Waals surface area contributed by atoms with Crippen molar-refractivity contribution in [1.29, 1.82) is 0 Å². The number of amides is 1. The van der Waals surface area contributed by atoms with Gasteiger partial charge in [-0.1, -0.05) is 18.2 Å². The number of nitrogens with zero attached hydrogens (tertiary/aromatic N) is 3. The van der Waals surface area contributed by atoms with Crippen molar-refractivity contribution >= 4 is 5.91 Å². The molecule has 1 aliphatic rings. The molecule has 0 spiro atoms. The lowest BCUT2D eigenvalue weighted by Gasteiger charge is -2.23. The first-order chi connectivity index (χ1) is 12.0. The number of ether oxygens (including phenoxy) is 1. The Kier molecular flexibility index (Phi) is 5.11. The lowest BCUT2D eigenvalue weighted by Crippen LogP contribution is -2.33. The molecule has 1 amide bonds. The van der Waals surface area contributed by atoms with E-state index in [2.05, 4.69) is 18.9 Å². The van der Waals surface area contributed by atoms with Crippen LogP contribution in [0.5, 0.6) is 5.75 Å². The Bertz CT molecular complexity index is 762. The summed E-state index contributed by atoms with van der Waals surface area (Å²) in [4.78, 5) is 14.9. The summed E-state index contributed by atoms with van der Waals surface area (Å²) in [5, 5.41) is 4.54. The Labute approximate surface area is 149 Å². The maximum Gasteiger partial charge on any atom is 0.224 e. The maximum absolute atomic E-state index is 12.8. The van der Waals surface area contributed by atoms with E-state index in [1.54, 1.807) is 7.11 Å². The van der Waals surface area contributed by atoms with Gasteiger partial charge in [-0.25, -0.2) is 0 Å². The topological polar surface area (TPSA) is 47.4 Å². The van der Waals surface area contributed by atoms with E-state index < -0.39 is 0 Å². The average molecular weight is 341 g/mol. The molecule has 3 rings (SSSR count). The van der Waals surface area contributed by atoms with Crippen LogP contribution in [0.1, 0.15) is 41.8 Å². The van der Waals surface area contributed by atoms with Crippen LogP contribution in [-0.2, 0) is 17.9 Å². The molecular formula is C20H27N3O2. The van der Waals surface area contributed by atoms with E-state index in [0.717, 1.165) is 35.5 Å². The van der Waals surface area contributed by atoms with Crippen molar-refractivity contribution in [2.75, 3.05) is 7.11 Å². The third-order valence-corrected chi connectivity index (χ3v) is 5.12. The summed E-state index contributed by atoms with van der Waals surface area (Å²) in [6.07, 6.45) is 2.67. The minimum Gasteiger partial charge on any atom is -0.496 e. The second-order valence-corrected chi connectivity index (χ2v) is 6.83. The summed E-state index contributed by atoms with van der Waals surface area (Å²) in [5.41, 5.74) is 4.46. The van der Waals surface area contributed by atoms with E-state index in [4.69, 9.17) is 4.74 Å². The minimum atomic E-state index is 0.193. The lowest BCUT2D eigenvalue weighted by molar-refractivity contribution is -0.132. The van der Waals surface area contributed by atoms with E-state index in [0.29, 0.717) is 25.6 Å². The van der Waals surface area contributed by atoms with Gasteiger partial charge in [-0.3, -0.25) is 9.48 Å². The van der Waals surface area contributed by atoms with Crippen LogP contribution < -0.4 is 4.74 Å². The van der Waals surface area contributed by atoms with Crippen LogP contribution in [0.3, 0.4) is 0 Å². The molecule has 1 saturated carbocycles. The predicted molar refractivity (Wildman–Crippen MR) is 97.6 cm³/mol. The smallest absolute Gasteiger partial charge is 0.224 e. The van der Waals surface area contributed by atoms with Crippen LogP contribution in [0, 0.1) is 20.8 Å². The van der Waals surface area contributed by atoms with Gasteiger partial charge in [-0.15, -0.1) is 0 Å². The van der Waals surface area contributed by atoms with Gasteiger partial charge < -0.3 is 9.64 Å². The first-order valence-electron chi connectivity index (χ1n) is 8.93. The quantitative estimate of drug-likeness (QED) is 0.775. The van der Waals surface area contributed by atoms with Crippen LogP contribution >= 0.6 is 0 Å². The molecule has 2 aromatic rings. The van der Waals surface area contributed by atoms with E-state index in [1.807, 2.05) is 40.8 Å². The molecule has 5 heteroatoms. The number of para-hydroxylation sites is 1. The molecule has 25 heavy (non-hydrogen) atoms. The highest BCUT2D eigenvalue weighted by Gasteiger charge is 2.32. The second kappa shape index (κ2) is 7.30. The third kappa shape index (κ3) is 3.86. The van der Waals surface area contributed by atoms with Gasteiger partial charge in [0.05, 0.1) is 12.8 Å². The number of benzene rings is 1. The first-order valence-corrected chi connectivity index (χ1v) is 8.93. The van der Waals surface area contributed by atoms with Crippen molar-refractivity contribution in [3.05, 3.63) is 46.8 Å². The number of methoxy groups -OCH3 is 1. The van der Waals surface area contributed by atoms with Crippen LogP contribution in [0.25, 0.3) is 0 Å². The molecule has 0 atom stereocenters. The fourth-order valence-electron chi connectivity index (χ4n) is 3.17. The van der Waals surface area contributed by atoms with E-state index in [-0.39, 0.29) is 5.91 Å². The van der Waals surface area contributed by atoms with Gasteiger partial charge in [0.1, 0.15) is 5.75 Å². The van der Waals surface area contributed by atoms with Gasteiger partial charge in [-0.05, 0) is 45.2 Å². The van der Waals surface area contributed by atoms with Crippen LogP contribution in [0.2, 0.25) is 0 Å². The van der Waals surface area contributed by atoms with Gasteiger partial charge in [0.25, 0.3) is 0 Å². The van der Waals surface area contributed by atoms with Crippen LogP contribution in [0.15, 0.2) is 24.3 Å². The molecule has 1 heterocycles. The number of hydrogen-bond donors (Lipinski definition) is 0. The van der Waals surface area contributed by atoms with Crippen LogP contribution in [-0.4, -0.2) is 33.7 Å². The zero-order chi connectivity index (χ0) is 18.0. The molecule has 1 aromatic carbocycles. The Morgan fingerprint density at radius 3 is 2.60 bits per heavy atom. The number of carbonyl (C=O) groups is 1. The third-order valence-electron chi connectivity index (χ3n) is 5.12. The number of aromatic nitrogens is 2. The number of hydrogen-bond acceptors (Lipinski definition) is 3. The van der Waals surface area contributed by atoms with Gasteiger partial charge >= 0.3 is 0 Å². The summed E-state index contributed by atoms with van der Waals surface area (Å²) in [5.74, 6) is 1.04. The van der Waals surface area contributed by atoms with Crippen molar-refractivity contribution in [2.45, 2.75) is 59.2 Å². The largest absolute Gasteiger partial charge is 0.496 e. The average Bonchev–Trinajstić information content (AvgIpc) is 3.42. The molecule has 0 aliphatic heterocycles. The highest BCUT2D eigenvalue weighted by molar-refractivity contribution is 5.77. The molecule has 1 aliphatic carbocycles. The van der Waals surface area contributed by atoms with E-state index >= 15 is 0 Å². The molecule has 0 saturated heterocycles. The van der Waals surface area contributed by atoms with Crippen molar-refractivity contribution in [2.24, 2.45) is 0 Å². The van der Waals surface area contributed by atoms with Gasteiger partial charge in [0.2, 0.25) is 5.91 Å². The van der Waals surface area contributed by atoms with Crippen LogP contribution in [0.4, 0.5) is 0 Å². The predicted octanol–water partition coefficient (Wildman–Crippen LogP) is 3.40. The SMILES string of the molecule is COc1ccccc1CN(C(=O)CCn1nc(C)c(C)c1C)C1CC1. The summed E-state index contributed by atoms with van der Waals surface area (Å²) in [6.45, 7) is 7.40. The van der Waals surface area contributed by atoms with Gasteiger partial charge in [-0.2, -0.15) is 5.10 Å². The van der Waals surface area contributed by atoms with Crippen molar-refractivity contribution < 1.29 is 9.53 Å². The monoisotopic (exact) mass is 341 g/mol. The number of carbonyl (C=O) groups excluding carboxylic acids is 1. The molecule has 134 valence electrons. The zero-order valence-electron chi connectivity index (χ0n) is 15.6. The summed E-state index contributed by atoms with van der Waals surface area (Å²) in [6, 6.07) is 8.30. The van der Waals surface area contributed by atoms with Crippen molar-refractivity contribution in [3.8, 4) is 5.75 Å². The highest BCUT2D eigenvalue weighted by Crippen LogP contribution is 2.31. The Balaban J connectivity index is 1.68. The lowest BCUT2D eigenvalue weighted by atomic mass is 10.1. The normalized spacial score (nSPS) is 13.8. The van der Waals surface area contributed by atoms with Gasteiger partial charge in [0, 0.05) is 36.8 Å². The maximum atomic E-state index is 12.8. The van der Waals surface area contributed by atoms with E-state index in [1.165, 1.54) is 5.56 Å². The van der Waals surface area contributed by atoms with E-state index in [9.17, 15) is 4.79 Å². The molecule has 0 radical (unpaired) electrons. The Hall–Kier alpha value is -2.30. The molecule has 5 nitrogen and oxygen atoms in total. The Morgan fingerprint density at radius 1 is 1.28 bits per heavy atom. The van der Waals surface area contributed by atoms with Gasteiger partial charge in [0.15, 0.2) is 0 Å². The summed E-state index contributed by atoms with van der Waals surface area (Å²) in [7, 11) is 1.67. The second-order valence-electron chi connectivity index (χ2n) is 6.83. The number of rotatable bonds is 7. The molecule has 0 N–H and O–H groups in total.